The summed E-state index contributed by atoms with van der Waals surface area (Å²) in [6.45, 7) is 4.17. The number of ether oxygens (including phenoxy) is 2. The first-order valence-electron chi connectivity index (χ1n) is 10.2. The highest BCUT2D eigenvalue weighted by Crippen LogP contribution is 2.37. The number of carbonyl (C=O) groups is 1. The lowest BCUT2D eigenvalue weighted by molar-refractivity contribution is -0.241. The molecule has 0 radical (unpaired) electrons. The molecule has 2 aromatic heterocycles. The van der Waals surface area contributed by atoms with E-state index in [1.165, 1.54) is 12.1 Å². The van der Waals surface area contributed by atoms with E-state index in [0.717, 1.165) is 6.42 Å². The molecule has 0 spiro atoms. The second-order valence-electron chi connectivity index (χ2n) is 7.75. The predicted octanol–water partition coefficient (Wildman–Crippen LogP) is 3.90. The molecule has 168 valence electrons. The highest BCUT2D eigenvalue weighted by atomic mass is 19.1. The van der Waals surface area contributed by atoms with Gasteiger partial charge in [0.2, 0.25) is 12.2 Å². The molecule has 1 fully saturated rings. The number of benzene rings is 1. The first-order valence-corrected chi connectivity index (χ1v) is 10.2. The lowest BCUT2D eigenvalue weighted by Crippen LogP contribution is -2.42. The summed E-state index contributed by atoms with van der Waals surface area (Å²) in [7, 11) is 0. The summed E-state index contributed by atoms with van der Waals surface area (Å²) in [5.74, 6) is -0.487. The number of hydrogen-bond acceptors (Lipinski definition) is 8. The molecule has 0 unspecified atom stereocenters. The van der Waals surface area contributed by atoms with Crippen molar-refractivity contribution in [3.63, 3.8) is 0 Å². The highest BCUT2D eigenvalue weighted by molar-refractivity contribution is 5.76. The van der Waals surface area contributed by atoms with Crippen LogP contribution in [0.4, 0.5) is 10.3 Å². The van der Waals surface area contributed by atoms with Crippen molar-refractivity contribution < 1.29 is 28.2 Å². The van der Waals surface area contributed by atoms with Crippen LogP contribution in [0.15, 0.2) is 40.9 Å². The largest absolute Gasteiger partial charge is 0.481 e. The molecule has 32 heavy (non-hydrogen) atoms. The minimum Gasteiger partial charge on any atom is -0.481 e. The van der Waals surface area contributed by atoms with Gasteiger partial charge < -0.3 is 24.3 Å². The summed E-state index contributed by atoms with van der Waals surface area (Å²) >= 11 is 0. The Kier molecular flexibility index (Phi) is 6.15. The van der Waals surface area contributed by atoms with Crippen LogP contribution in [0.5, 0.6) is 0 Å². The lowest BCUT2D eigenvalue weighted by atomic mass is 9.92. The molecule has 1 saturated heterocycles. The van der Waals surface area contributed by atoms with Gasteiger partial charge in [-0.05, 0) is 43.7 Å². The van der Waals surface area contributed by atoms with Gasteiger partial charge in [-0.1, -0.05) is 6.92 Å². The molecule has 2 N–H and O–H groups in total. The van der Waals surface area contributed by atoms with Crippen LogP contribution in [-0.2, 0) is 14.3 Å². The van der Waals surface area contributed by atoms with Gasteiger partial charge in [0.1, 0.15) is 22.6 Å². The Bertz CT molecular complexity index is 1090. The average molecular weight is 442 g/mol. The van der Waals surface area contributed by atoms with Crippen molar-refractivity contribution in [3.05, 3.63) is 48.2 Å². The van der Waals surface area contributed by atoms with E-state index in [2.05, 4.69) is 20.3 Å². The van der Waals surface area contributed by atoms with Crippen LogP contribution in [-0.4, -0.2) is 45.8 Å². The van der Waals surface area contributed by atoms with Crippen LogP contribution in [0.3, 0.4) is 0 Å². The number of nitrogens with one attached hydrogen (secondary N) is 1. The van der Waals surface area contributed by atoms with Gasteiger partial charge in [-0.3, -0.25) is 4.79 Å². The molecular weight excluding hydrogens is 419 g/mol. The first kappa shape index (κ1) is 21.8. The summed E-state index contributed by atoms with van der Waals surface area (Å²) in [4.78, 5) is 24.7. The third kappa shape index (κ3) is 4.46. The zero-order chi connectivity index (χ0) is 22.7. The maximum atomic E-state index is 13.5. The number of nitrogens with zero attached hydrogens (tertiary/aromatic N) is 3. The van der Waals surface area contributed by atoms with Crippen LogP contribution in [0.25, 0.3) is 22.7 Å². The summed E-state index contributed by atoms with van der Waals surface area (Å²) in [6.07, 6.45) is 1.53. The van der Waals surface area contributed by atoms with Crippen LogP contribution < -0.4 is 5.32 Å². The third-order valence-electron chi connectivity index (χ3n) is 5.01. The number of carboxylic acid groups (broad SMARTS) is 1. The van der Waals surface area contributed by atoms with Gasteiger partial charge in [-0.25, -0.2) is 19.3 Å². The van der Waals surface area contributed by atoms with E-state index in [1.54, 1.807) is 31.3 Å². The van der Waals surface area contributed by atoms with Gasteiger partial charge in [0.15, 0.2) is 5.76 Å². The van der Waals surface area contributed by atoms with Crippen molar-refractivity contribution in [2.45, 2.75) is 26.6 Å². The van der Waals surface area contributed by atoms with Crippen molar-refractivity contribution >= 4 is 11.9 Å². The van der Waals surface area contributed by atoms with Crippen molar-refractivity contribution in [3.8, 4) is 22.7 Å². The minimum atomic E-state index is -1.15. The fourth-order valence-electron chi connectivity index (χ4n) is 3.10. The number of carboxylic acids is 1. The van der Waals surface area contributed by atoms with Gasteiger partial charge in [0.05, 0.1) is 13.2 Å². The van der Waals surface area contributed by atoms with E-state index in [4.69, 9.17) is 13.9 Å². The van der Waals surface area contributed by atoms with E-state index in [1.807, 2.05) is 6.92 Å². The van der Waals surface area contributed by atoms with E-state index in [0.29, 0.717) is 35.2 Å². The zero-order valence-corrected chi connectivity index (χ0v) is 17.7. The Hall–Kier alpha value is -3.37. The quantitative estimate of drug-likeness (QED) is 0.561. The molecule has 0 aliphatic carbocycles. The number of aliphatic carboxylic acids is 1. The van der Waals surface area contributed by atoms with Crippen molar-refractivity contribution in [1.29, 1.82) is 0 Å². The molecule has 3 heterocycles. The molecule has 3 aromatic rings. The molecule has 1 aliphatic heterocycles. The number of hydrogen-bond donors (Lipinski definition) is 2. The number of anilines is 1. The highest BCUT2D eigenvalue weighted by Gasteiger charge is 2.41. The number of rotatable bonds is 7. The number of halogens is 1. The standard InChI is InChI=1S/C22H23FN4O5/c1-3-9-24-21-25-10-8-15(26-21)17-16(13-4-6-14(23)7-5-13)27-18(32-17)19-30-11-22(2,12-31-19)20(28)29/h4-8,10,19H,3,9,11-12H2,1-2H3,(H,28,29)(H,24,25,26). The molecule has 0 saturated carbocycles. The zero-order valence-electron chi connectivity index (χ0n) is 17.7. The van der Waals surface area contributed by atoms with Gasteiger partial charge in [-0.2, -0.15) is 0 Å². The van der Waals surface area contributed by atoms with Crippen LogP contribution in [0.1, 0.15) is 32.4 Å². The normalized spacial score (nSPS) is 20.8. The van der Waals surface area contributed by atoms with Gasteiger partial charge in [0, 0.05) is 18.3 Å². The maximum absolute atomic E-state index is 13.5. The smallest absolute Gasteiger partial charge is 0.314 e. The molecule has 9 nitrogen and oxygen atoms in total. The number of aromatic nitrogens is 3. The molecule has 0 bridgehead atoms. The van der Waals surface area contributed by atoms with E-state index >= 15 is 0 Å². The summed E-state index contributed by atoms with van der Waals surface area (Å²) in [5.41, 5.74) is 0.365. The molecule has 1 aromatic carbocycles. The Morgan fingerprint density at radius 2 is 1.94 bits per heavy atom. The Balaban J connectivity index is 1.70. The molecular formula is C22H23FN4O5. The van der Waals surface area contributed by atoms with Gasteiger partial charge in [0.25, 0.3) is 5.89 Å². The maximum Gasteiger partial charge on any atom is 0.314 e. The molecule has 1 aliphatic rings. The van der Waals surface area contributed by atoms with Gasteiger partial charge >= 0.3 is 5.97 Å². The first-order chi connectivity index (χ1) is 15.4. The Morgan fingerprint density at radius 3 is 2.59 bits per heavy atom. The van der Waals surface area contributed by atoms with Crippen LogP contribution in [0.2, 0.25) is 0 Å². The number of oxazole rings is 1. The van der Waals surface area contributed by atoms with E-state index in [-0.39, 0.29) is 24.9 Å². The minimum absolute atomic E-state index is 0.0603. The fraction of sp³-hybridized carbons (Fsp3) is 0.364. The summed E-state index contributed by atoms with van der Waals surface area (Å²) in [5, 5.41) is 12.5. The van der Waals surface area contributed by atoms with Crippen molar-refractivity contribution in [2.24, 2.45) is 5.41 Å². The van der Waals surface area contributed by atoms with Crippen LogP contribution in [0, 0.1) is 11.2 Å². The lowest BCUT2D eigenvalue weighted by Gasteiger charge is -2.32. The van der Waals surface area contributed by atoms with Crippen LogP contribution >= 0.6 is 0 Å². The fourth-order valence-corrected chi connectivity index (χ4v) is 3.10. The summed E-state index contributed by atoms with van der Waals surface area (Å²) < 4.78 is 30.7. The SMILES string of the molecule is CCCNc1nccc(-c2oc(C3OCC(C)(C(=O)O)CO3)nc2-c2ccc(F)cc2)n1. The molecule has 0 amide bonds. The summed E-state index contributed by atoms with van der Waals surface area (Å²) in [6, 6.07) is 7.50. The van der Waals surface area contributed by atoms with E-state index < -0.39 is 17.7 Å². The second kappa shape index (κ2) is 9.01. The monoisotopic (exact) mass is 442 g/mol. The van der Waals surface area contributed by atoms with Gasteiger partial charge in [-0.15, -0.1) is 0 Å². The topological polar surface area (TPSA) is 120 Å². The molecule has 4 rings (SSSR count). The third-order valence-corrected chi connectivity index (χ3v) is 5.01. The average Bonchev–Trinajstić information content (AvgIpc) is 3.24. The Morgan fingerprint density at radius 1 is 1.22 bits per heavy atom. The second-order valence-corrected chi connectivity index (χ2v) is 7.75. The van der Waals surface area contributed by atoms with Crippen molar-refractivity contribution in [1.82, 2.24) is 15.0 Å². The molecule has 0 atom stereocenters. The van der Waals surface area contributed by atoms with Crippen molar-refractivity contribution in [2.75, 3.05) is 25.1 Å². The molecule has 10 heteroatoms. The Labute approximate surface area is 183 Å². The predicted molar refractivity (Wildman–Crippen MR) is 112 cm³/mol. The van der Waals surface area contributed by atoms with E-state index in [9.17, 15) is 14.3 Å².